The van der Waals surface area contributed by atoms with Crippen LogP contribution in [0.5, 0.6) is 11.5 Å². The lowest BCUT2D eigenvalue weighted by atomic mass is 10.1. The standard InChI is InChI=1S/C29H28BrN3O5/c1-4-37-25-14-21(23(30)15-26(25)38-17-20-7-5-6-19(3)12-20)13-24-28(35)33(29(36)32-24)16-27(34)31-22-10-8-18(2)9-11-22/h5-15H,4,16-17H2,1-3H3,(H,31,34)(H,32,36)/b24-13+. The molecule has 1 aliphatic heterocycles. The summed E-state index contributed by atoms with van der Waals surface area (Å²) in [6.45, 7) is 6.20. The summed E-state index contributed by atoms with van der Waals surface area (Å²) in [5.74, 6) is -0.0351. The fraction of sp³-hybridized carbons (Fsp3) is 0.207. The maximum atomic E-state index is 13.0. The highest BCUT2D eigenvalue weighted by atomic mass is 79.9. The van der Waals surface area contributed by atoms with Crippen LogP contribution in [0.15, 0.2) is 70.8 Å². The molecule has 0 bridgehead atoms. The van der Waals surface area contributed by atoms with E-state index in [0.29, 0.717) is 40.4 Å². The van der Waals surface area contributed by atoms with Gasteiger partial charge in [-0.05, 0) is 62.2 Å². The number of rotatable bonds is 9. The molecule has 4 amide bonds. The first-order valence-corrected chi connectivity index (χ1v) is 12.9. The summed E-state index contributed by atoms with van der Waals surface area (Å²) >= 11 is 3.53. The van der Waals surface area contributed by atoms with Crippen LogP contribution in [0, 0.1) is 13.8 Å². The summed E-state index contributed by atoms with van der Waals surface area (Å²) in [6, 6.07) is 18.1. The molecule has 196 valence electrons. The van der Waals surface area contributed by atoms with Crippen LogP contribution in [-0.4, -0.2) is 35.9 Å². The Morgan fingerprint density at radius 3 is 2.45 bits per heavy atom. The van der Waals surface area contributed by atoms with E-state index in [0.717, 1.165) is 21.6 Å². The topological polar surface area (TPSA) is 97.0 Å². The first-order valence-electron chi connectivity index (χ1n) is 12.1. The van der Waals surface area contributed by atoms with Crippen molar-refractivity contribution in [2.24, 2.45) is 0 Å². The molecule has 3 aromatic rings. The van der Waals surface area contributed by atoms with E-state index in [-0.39, 0.29) is 5.70 Å². The van der Waals surface area contributed by atoms with E-state index < -0.39 is 24.4 Å². The third-order valence-corrected chi connectivity index (χ3v) is 6.43. The number of ether oxygens (including phenoxy) is 2. The minimum atomic E-state index is -0.667. The number of carbonyl (C=O) groups excluding carboxylic acids is 3. The predicted molar refractivity (Wildman–Crippen MR) is 149 cm³/mol. The van der Waals surface area contributed by atoms with Crippen LogP contribution in [0.3, 0.4) is 0 Å². The zero-order valence-corrected chi connectivity index (χ0v) is 22.9. The minimum absolute atomic E-state index is 0.0507. The molecule has 1 fully saturated rings. The average Bonchev–Trinajstić information content (AvgIpc) is 3.13. The Kier molecular flexibility index (Phi) is 8.48. The lowest BCUT2D eigenvalue weighted by Gasteiger charge is -2.14. The van der Waals surface area contributed by atoms with Gasteiger partial charge < -0.3 is 20.1 Å². The van der Waals surface area contributed by atoms with Crippen molar-refractivity contribution in [1.29, 1.82) is 0 Å². The SMILES string of the molecule is CCOc1cc(/C=C2/NC(=O)N(CC(=O)Nc3ccc(C)cc3)C2=O)c(Br)cc1OCc1cccc(C)c1. The van der Waals surface area contributed by atoms with Crippen LogP contribution in [0.1, 0.15) is 29.2 Å². The molecule has 0 atom stereocenters. The van der Waals surface area contributed by atoms with Crippen molar-refractivity contribution in [3.8, 4) is 11.5 Å². The highest BCUT2D eigenvalue weighted by Crippen LogP contribution is 2.35. The number of urea groups is 1. The molecule has 9 heteroatoms. The van der Waals surface area contributed by atoms with Crippen molar-refractivity contribution < 1.29 is 23.9 Å². The third kappa shape index (κ3) is 6.60. The third-order valence-electron chi connectivity index (χ3n) is 5.74. The van der Waals surface area contributed by atoms with Crippen molar-refractivity contribution in [3.05, 3.63) is 93.1 Å². The fourth-order valence-electron chi connectivity index (χ4n) is 3.86. The van der Waals surface area contributed by atoms with Crippen LogP contribution < -0.4 is 20.1 Å². The number of hydrogen-bond donors (Lipinski definition) is 2. The minimum Gasteiger partial charge on any atom is -0.490 e. The summed E-state index contributed by atoms with van der Waals surface area (Å²) in [4.78, 5) is 38.8. The molecule has 0 spiro atoms. The van der Waals surface area contributed by atoms with Crippen LogP contribution in [0.25, 0.3) is 6.08 Å². The molecule has 1 heterocycles. The van der Waals surface area contributed by atoms with Crippen molar-refractivity contribution in [3.63, 3.8) is 0 Å². The number of amides is 4. The van der Waals surface area contributed by atoms with Crippen LogP contribution in [-0.2, 0) is 16.2 Å². The average molecular weight is 578 g/mol. The maximum absolute atomic E-state index is 13.0. The van der Waals surface area contributed by atoms with Gasteiger partial charge in [0, 0.05) is 10.2 Å². The molecule has 4 rings (SSSR count). The summed E-state index contributed by atoms with van der Waals surface area (Å²) in [5.41, 5.74) is 4.46. The Morgan fingerprint density at radius 1 is 1.00 bits per heavy atom. The van der Waals surface area contributed by atoms with E-state index in [4.69, 9.17) is 9.47 Å². The van der Waals surface area contributed by atoms with Gasteiger partial charge >= 0.3 is 6.03 Å². The zero-order valence-electron chi connectivity index (χ0n) is 21.3. The summed E-state index contributed by atoms with van der Waals surface area (Å²) in [5, 5.41) is 5.24. The number of anilines is 1. The Balaban J connectivity index is 1.49. The first-order chi connectivity index (χ1) is 18.2. The smallest absolute Gasteiger partial charge is 0.329 e. The van der Waals surface area contributed by atoms with Crippen molar-refractivity contribution >= 4 is 45.5 Å². The number of halogens is 1. The Morgan fingerprint density at radius 2 is 1.74 bits per heavy atom. The second kappa shape index (κ2) is 12.0. The molecule has 0 aromatic heterocycles. The summed E-state index contributed by atoms with van der Waals surface area (Å²) in [7, 11) is 0. The maximum Gasteiger partial charge on any atom is 0.329 e. The van der Waals surface area contributed by atoms with Crippen LogP contribution in [0.4, 0.5) is 10.5 Å². The highest BCUT2D eigenvalue weighted by Gasteiger charge is 2.35. The van der Waals surface area contributed by atoms with Gasteiger partial charge in [-0.3, -0.25) is 9.59 Å². The molecule has 3 aromatic carbocycles. The summed E-state index contributed by atoms with van der Waals surface area (Å²) in [6.07, 6.45) is 1.54. The molecule has 0 unspecified atom stereocenters. The van der Waals surface area contributed by atoms with E-state index in [9.17, 15) is 14.4 Å². The van der Waals surface area contributed by atoms with Gasteiger partial charge in [-0.1, -0.05) is 63.5 Å². The number of nitrogens with zero attached hydrogens (tertiary/aromatic N) is 1. The van der Waals surface area contributed by atoms with Gasteiger partial charge in [0.15, 0.2) is 11.5 Å². The molecular weight excluding hydrogens is 550 g/mol. The van der Waals surface area contributed by atoms with Crippen LogP contribution in [0.2, 0.25) is 0 Å². The molecule has 2 N–H and O–H groups in total. The number of imide groups is 1. The molecule has 8 nitrogen and oxygen atoms in total. The lowest BCUT2D eigenvalue weighted by Crippen LogP contribution is -2.38. The lowest BCUT2D eigenvalue weighted by molar-refractivity contribution is -0.127. The van der Waals surface area contributed by atoms with Gasteiger partial charge in [0.05, 0.1) is 6.61 Å². The van der Waals surface area contributed by atoms with E-state index in [2.05, 4.69) is 32.6 Å². The van der Waals surface area contributed by atoms with E-state index >= 15 is 0 Å². The van der Waals surface area contributed by atoms with Crippen molar-refractivity contribution in [2.45, 2.75) is 27.4 Å². The fourth-order valence-corrected chi connectivity index (χ4v) is 4.29. The van der Waals surface area contributed by atoms with Gasteiger partial charge in [-0.25, -0.2) is 9.69 Å². The molecule has 0 radical (unpaired) electrons. The van der Waals surface area contributed by atoms with E-state index in [1.165, 1.54) is 6.08 Å². The number of benzene rings is 3. The monoisotopic (exact) mass is 577 g/mol. The quantitative estimate of drug-likeness (QED) is 0.256. The van der Waals surface area contributed by atoms with Gasteiger partial charge in [0.2, 0.25) is 5.91 Å². The first kappa shape index (κ1) is 26.9. The predicted octanol–water partition coefficient (Wildman–Crippen LogP) is 5.58. The number of hydrogen-bond acceptors (Lipinski definition) is 5. The van der Waals surface area contributed by atoms with Crippen molar-refractivity contribution in [2.75, 3.05) is 18.5 Å². The van der Waals surface area contributed by atoms with Gasteiger partial charge in [-0.2, -0.15) is 0 Å². The number of carbonyl (C=O) groups is 3. The van der Waals surface area contributed by atoms with Crippen molar-refractivity contribution in [1.82, 2.24) is 10.2 Å². The summed E-state index contributed by atoms with van der Waals surface area (Å²) < 4.78 is 12.5. The molecule has 0 aliphatic carbocycles. The molecule has 1 saturated heterocycles. The van der Waals surface area contributed by atoms with E-state index in [1.54, 1.807) is 24.3 Å². The highest BCUT2D eigenvalue weighted by molar-refractivity contribution is 9.10. The van der Waals surface area contributed by atoms with Crippen LogP contribution >= 0.6 is 15.9 Å². The number of aryl methyl sites for hydroxylation is 2. The molecule has 38 heavy (non-hydrogen) atoms. The molecular formula is C29H28BrN3O5. The normalized spacial score (nSPS) is 14.0. The molecule has 0 saturated carbocycles. The Labute approximate surface area is 229 Å². The van der Waals surface area contributed by atoms with E-state index in [1.807, 2.05) is 51.1 Å². The Hall–Kier alpha value is -4.11. The second-order valence-electron chi connectivity index (χ2n) is 8.82. The number of nitrogens with one attached hydrogen (secondary N) is 2. The largest absolute Gasteiger partial charge is 0.490 e. The van der Waals surface area contributed by atoms with Gasteiger partial charge in [0.1, 0.15) is 18.8 Å². The zero-order chi connectivity index (χ0) is 27.2. The van der Waals surface area contributed by atoms with Gasteiger partial charge in [0.25, 0.3) is 5.91 Å². The second-order valence-corrected chi connectivity index (χ2v) is 9.68. The Bertz CT molecular complexity index is 1400. The van der Waals surface area contributed by atoms with Gasteiger partial charge in [-0.15, -0.1) is 0 Å². The molecule has 1 aliphatic rings.